The Morgan fingerprint density at radius 3 is 1.75 bits per heavy atom. The lowest BCUT2D eigenvalue weighted by molar-refractivity contribution is -0.116. The van der Waals surface area contributed by atoms with E-state index >= 15 is 0 Å². The van der Waals surface area contributed by atoms with Crippen LogP contribution in [0.25, 0.3) is 21.8 Å². The minimum Gasteiger partial charge on any atom is -0.361 e. The van der Waals surface area contributed by atoms with Gasteiger partial charge in [0, 0.05) is 39.9 Å². The van der Waals surface area contributed by atoms with Gasteiger partial charge < -0.3 is 15.3 Å². The fourth-order valence-electron chi connectivity index (χ4n) is 3.85. The molecule has 3 N–H and O–H groups in total. The summed E-state index contributed by atoms with van der Waals surface area (Å²) in [5, 5.41) is 5.19. The highest BCUT2D eigenvalue weighted by molar-refractivity contribution is 6.04. The molecule has 0 unspecified atom stereocenters. The number of para-hydroxylation sites is 3. The highest BCUT2D eigenvalue weighted by Crippen LogP contribution is 2.35. The van der Waals surface area contributed by atoms with E-state index in [0.29, 0.717) is 0 Å². The molecule has 5 aromatic rings. The number of fused-ring (bicyclic) bond motifs is 2. The lowest BCUT2D eigenvalue weighted by Crippen LogP contribution is -2.22. The van der Waals surface area contributed by atoms with Crippen LogP contribution in [0, 0.1) is 0 Å². The average Bonchev–Trinajstić information content (AvgIpc) is 3.35. The van der Waals surface area contributed by atoms with E-state index in [2.05, 4.69) is 27.4 Å². The van der Waals surface area contributed by atoms with Crippen LogP contribution in [0.4, 0.5) is 5.69 Å². The summed E-state index contributed by atoms with van der Waals surface area (Å²) in [5.74, 6) is -0.492. The van der Waals surface area contributed by atoms with Gasteiger partial charge in [0.2, 0.25) is 5.91 Å². The number of anilines is 1. The summed E-state index contributed by atoms with van der Waals surface area (Å²) >= 11 is 0. The molecule has 0 aliphatic heterocycles. The number of aromatic amines is 2. The van der Waals surface area contributed by atoms with Gasteiger partial charge in [-0.1, -0.05) is 54.6 Å². The third-order valence-electron chi connectivity index (χ3n) is 5.17. The molecule has 28 heavy (non-hydrogen) atoms. The monoisotopic (exact) mass is 365 g/mol. The van der Waals surface area contributed by atoms with Crippen molar-refractivity contribution in [2.75, 3.05) is 5.32 Å². The molecular formula is C24H19N3O. The van der Waals surface area contributed by atoms with Crippen LogP contribution in [0.5, 0.6) is 0 Å². The van der Waals surface area contributed by atoms with Crippen molar-refractivity contribution in [2.24, 2.45) is 0 Å². The van der Waals surface area contributed by atoms with E-state index in [1.54, 1.807) is 0 Å². The SMILES string of the molecule is O=C(Nc1ccccc1)C(c1c[nH]c2ccccc12)c1c[nH]c2ccccc12. The number of aromatic nitrogens is 2. The van der Waals surface area contributed by atoms with Crippen molar-refractivity contribution in [1.29, 1.82) is 0 Å². The number of carbonyl (C=O) groups is 1. The van der Waals surface area contributed by atoms with Gasteiger partial charge in [0.1, 0.15) is 0 Å². The largest absolute Gasteiger partial charge is 0.361 e. The molecular weight excluding hydrogens is 346 g/mol. The van der Waals surface area contributed by atoms with E-state index in [1.807, 2.05) is 79.1 Å². The summed E-state index contributed by atoms with van der Waals surface area (Å²) in [5.41, 5.74) is 4.77. The van der Waals surface area contributed by atoms with Gasteiger partial charge in [-0.2, -0.15) is 0 Å². The number of H-pyrrole nitrogens is 2. The molecule has 2 aromatic heterocycles. The van der Waals surface area contributed by atoms with Gasteiger partial charge in [0.15, 0.2) is 0 Å². The number of amides is 1. The minimum absolute atomic E-state index is 0.0549. The second-order valence-electron chi connectivity index (χ2n) is 6.87. The zero-order valence-electron chi connectivity index (χ0n) is 15.1. The van der Waals surface area contributed by atoms with Crippen LogP contribution >= 0.6 is 0 Å². The van der Waals surface area contributed by atoms with Crippen LogP contribution in [0.15, 0.2) is 91.3 Å². The topological polar surface area (TPSA) is 60.7 Å². The Morgan fingerprint density at radius 1 is 0.679 bits per heavy atom. The number of hydrogen-bond donors (Lipinski definition) is 3. The summed E-state index contributed by atoms with van der Waals surface area (Å²) in [6, 6.07) is 25.7. The molecule has 136 valence electrons. The molecule has 4 nitrogen and oxygen atoms in total. The van der Waals surface area contributed by atoms with Crippen LogP contribution < -0.4 is 5.32 Å². The predicted octanol–water partition coefficient (Wildman–Crippen LogP) is 5.42. The van der Waals surface area contributed by atoms with Gasteiger partial charge in [-0.05, 0) is 35.4 Å². The Morgan fingerprint density at radius 2 is 1.18 bits per heavy atom. The highest BCUT2D eigenvalue weighted by atomic mass is 16.1. The minimum atomic E-state index is -0.437. The Bertz CT molecular complexity index is 1190. The summed E-state index contributed by atoms with van der Waals surface area (Å²) in [6.07, 6.45) is 3.89. The lowest BCUT2D eigenvalue weighted by Gasteiger charge is -2.17. The van der Waals surface area contributed by atoms with Crippen molar-refractivity contribution in [3.63, 3.8) is 0 Å². The van der Waals surface area contributed by atoms with Crippen LogP contribution in [0.1, 0.15) is 17.0 Å². The Kier molecular flexibility index (Phi) is 3.95. The first-order valence-electron chi connectivity index (χ1n) is 9.29. The summed E-state index contributed by atoms with van der Waals surface area (Å²) in [7, 11) is 0. The Labute approximate surface area is 162 Å². The maximum Gasteiger partial charge on any atom is 0.236 e. The number of benzene rings is 3. The van der Waals surface area contributed by atoms with Gasteiger partial charge >= 0.3 is 0 Å². The third kappa shape index (κ3) is 2.76. The zero-order chi connectivity index (χ0) is 18.9. The van der Waals surface area contributed by atoms with Crippen LogP contribution in [0.2, 0.25) is 0 Å². The summed E-state index contributed by atoms with van der Waals surface area (Å²) in [4.78, 5) is 20.1. The van der Waals surface area contributed by atoms with Gasteiger partial charge in [0.25, 0.3) is 0 Å². The molecule has 0 radical (unpaired) electrons. The van der Waals surface area contributed by atoms with E-state index in [0.717, 1.165) is 38.6 Å². The van der Waals surface area contributed by atoms with Gasteiger partial charge in [-0.25, -0.2) is 0 Å². The number of hydrogen-bond acceptors (Lipinski definition) is 1. The molecule has 2 heterocycles. The fraction of sp³-hybridized carbons (Fsp3) is 0.0417. The van der Waals surface area contributed by atoms with E-state index < -0.39 is 5.92 Å². The second-order valence-corrected chi connectivity index (χ2v) is 6.87. The first-order chi connectivity index (χ1) is 13.8. The number of rotatable bonds is 4. The maximum atomic E-state index is 13.5. The normalized spacial score (nSPS) is 11.3. The van der Waals surface area contributed by atoms with Crippen molar-refractivity contribution >= 4 is 33.4 Å². The van der Waals surface area contributed by atoms with E-state index in [1.165, 1.54) is 0 Å². The second kappa shape index (κ2) is 6.74. The fourth-order valence-corrected chi connectivity index (χ4v) is 3.85. The molecule has 0 spiro atoms. The summed E-state index contributed by atoms with van der Waals surface area (Å²) in [6.45, 7) is 0. The van der Waals surface area contributed by atoms with Crippen molar-refractivity contribution in [3.05, 3.63) is 102 Å². The van der Waals surface area contributed by atoms with E-state index in [-0.39, 0.29) is 5.91 Å². The number of nitrogens with one attached hydrogen (secondary N) is 3. The molecule has 0 saturated carbocycles. The van der Waals surface area contributed by atoms with E-state index in [4.69, 9.17) is 0 Å². The quantitative estimate of drug-likeness (QED) is 0.391. The molecule has 5 rings (SSSR count). The van der Waals surface area contributed by atoms with Gasteiger partial charge in [-0.15, -0.1) is 0 Å². The Hall–Kier alpha value is -3.79. The van der Waals surface area contributed by atoms with Crippen molar-refractivity contribution in [1.82, 2.24) is 9.97 Å². The maximum absolute atomic E-state index is 13.5. The molecule has 1 amide bonds. The first kappa shape index (κ1) is 16.4. The summed E-state index contributed by atoms with van der Waals surface area (Å²) < 4.78 is 0. The Balaban J connectivity index is 1.67. The highest BCUT2D eigenvalue weighted by Gasteiger charge is 2.28. The zero-order valence-corrected chi connectivity index (χ0v) is 15.1. The van der Waals surface area contributed by atoms with Gasteiger partial charge in [0.05, 0.1) is 5.92 Å². The smallest absolute Gasteiger partial charge is 0.236 e. The number of carbonyl (C=O) groups excluding carboxylic acids is 1. The standard InChI is InChI=1S/C24H19N3O/c28-24(27-16-8-2-1-3-9-16)23(19-14-25-21-12-6-4-10-17(19)21)20-15-26-22-13-7-5-11-18(20)22/h1-15,23,25-26H,(H,27,28). The van der Waals surface area contributed by atoms with Gasteiger partial charge in [-0.3, -0.25) is 4.79 Å². The molecule has 0 bridgehead atoms. The molecule has 4 heteroatoms. The first-order valence-corrected chi connectivity index (χ1v) is 9.29. The molecule has 0 aliphatic rings. The van der Waals surface area contributed by atoms with Crippen molar-refractivity contribution < 1.29 is 4.79 Å². The molecule has 3 aromatic carbocycles. The molecule has 0 aliphatic carbocycles. The molecule has 0 fully saturated rings. The van der Waals surface area contributed by atoms with Crippen molar-refractivity contribution in [3.8, 4) is 0 Å². The third-order valence-corrected chi connectivity index (χ3v) is 5.17. The predicted molar refractivity (Wildman–Crippen MR) is 114 cm³/mol. The van der Waals surface area contributed by atoms with Crippen LogP contribution in [-0.4, -0.2) is 15.9 Å². The molecule has 0 saturated heterocycles. The van der Waals surface area contributed by atoms with E-state index in [9.17, 15) is 4.79 Å². The molecule has 0 atom stereocenters. The lowest BCUT2D eigenvalue weighted by atomic mass is 9.89. The average molecular weight is 365 g/mol. The van der Waals surface area contributed by atoms with Crippen LogP contribution in [0.3, 0.4) is 0 Å². The van der Waals surface area contributed by atoms with Crippen LogP contribution in [-0.2, 0) is 4.79 Å². The van der Waals surface area contributed by atoms with Crippen molar-refractivity contribution in [2.45, 2.75) is 5.92 Å².